The fraction of sp³-hybridized carbons (Fsp3) is 0.118. The Morgan fingerprint density at radius 3 is 2.76 bits per heavy atom. The summed E-state index contributed by atoms with van der Waals surface area (Å²) in [5.41, 5.74) is 1.42. The molecule has 0 fully saturated rings. The number of anilines is 1. The number of carbonyl (C=O) groups is 1. The fourth-order valence-corrected chi connectivity index (χ4v) is 2.28. The van der Waals surface area contributed by atoms with Crippen molar-refractivity contribution in [1.82, 2.24) is 15.5 Å². The van der Waals surface area contributed by atoms with Crippen molar-refractivity contribution in [3.05, 3.63) is 59.4 Å². The lowest BCUT2D eigenvalue weighted by Crippen LogP contribution is -2.24. The quantitative estimate of drug-likeness (QED) is 0.725. The molecule has 0 aliphatic rings. The second-order valence-corrected chi connectivity index (χ2v) is 5.42. The van der Waals surface area contributed by atoms with Crippen LogP contribution in [0.2, 0.25) is 5.02 Å². The van der Waals surface area contributed by atoms with Crippen LogP contribution in [0.1, 0.15) is 5.89 Å². The molecule has 2 amide bonds. The lowest BCUT2D eigenvalue weighted by atomic mass is 10.2. The number of carbonyl (C=O) groups excluding carboxylic acids is 1. The highest BCUT2D eigenvalue weighted by Gasteiger charge is 2.10. The van der Waals surface area contributed by atoms with Crippen molar-refractivity contribution >= 4 is 23.3 Å². The van der Waals surface area contributed by atoms with Gasteiger partial charge in [0, 0.05) is 18.3 Å². The molecule has 128 valence electrons. The third-order valence-corrected chi connectivity index (χ3v) is 3.56. The number of ether oxygens (including phenoxy) is 1. The van der Waals surface area contributed by atoms with Gasteiger partial charge in [-0.05, 0) is 18.2 Å². The molecule has 1 heterocycles. The lowest BCUT2D eigenvalue weighted by molar-refractivity contribution is 0.243. The van der Waals surface area contributed by atoms with E-state index in [9.17, 15) is 4.79 Å². The summed E-state index contributed by atoms with van der Waals surface area (Å²) >= 11 is 6.16. The molecule has 7 nitrogen and oxygen atoms in total. The molecule has 3 aromatic rings. The van der Waals surface area contributed by atoms with Crippen LogP contribution in [-0.2, 0) is 6.61 Å². The van der Waals surface area contributed by atoms with Crippen molar-refractivity contribution in [1.29, 1.82) is 0 Å². The van der Waals surface area contributed by atoms with Gasteiger partial charge in [-0.3, -0.25) is 0 Å². The van der Waals surface area contributed by atoms with Crippen LogP contribution in [0, 0.1) is 0 Å². The molecular formula is C17H15ClN4O3. The van der Waals surface area contributed by atoms with Gasteiger partial charge >= 0.3 is 6.03 Å². The summed E-state index contributed by atoms with van der Waals surface area (Å²) in [6, 6.07) is 14.1. The summed E-state index contributed by atoms with van der Waals surface area (Å²) < 4.78 is 10.8. The number of urea groups is 1. The summed E-state index contributed by atoms with van der Waals surface area (Å²) in [5.74, 6) is 1.28. The van der Waals surface area contributed by atoms with E-state index in [1.165, 1.54) is 7.05 Å². The van der Waals surface area contributed by atoms with Gasteiger partial charge in [0.05, 0.1) is 5.02 Å². The minimum atomic E-state index is -0.330. The van der Waals surface area contributed by atoms with Crippen LogP contribution in [0.5, 0.6) is 5.75 Å². The van der Waals surface area contributed by atoms with Gasteiger partial charge in [-0.25, -0.2) is 4.79 Å². The third kappa shape index (κ3) is 4.27. The lowest BCUT2D eigenvalue weighted by Gasteiger charge is -2.08. The molecule has 2 aromatic carbocycles. The third-order valence-electron chi connectivity index (χ3n) is 3.27. The molecule has 0 atom stereocenters. The Balaban J connectivity index is 1.64. The Hall–Kier alpha value is -3.06. The maximum absolute atomic E-state index is 11.3. The Morgan fingerprint density at radius 2 is 2.04 bits per heavy atom. The number of halogens is 1. The van der Waals surface area contributed by atoms with E-state index in [1.807, 2.05) is 30.3 Å². The predicted molar refractivity (Wildman–Crippen MR) is 93.6 cm³/mol. The summed E-state index contributed by atoms with van der Waals surface area (Å²) in [6.45, 7) is 0.0851. The normalized spacial score (nSPS) is 10.3. The van der Waals surface area contributed by atoms with Crippen LogP contribution in [0.4, 0.5) is 10.5 Å². The molecular weight excluding hydrogens is 344 g/mol. The van der Waals surface area contributed by atoms with Crippen molar-refractivity contribution in [2.24, 2.45) is 0 Å². The second-order valence-electron chi connectivity index (χ2n) is 5.02. The number of nitrogens with one attached hydrogen (secondary N) is 2. The molecule has 25 heavy (non-hydrogen) atoms. The largest absolute Gasteiger partial charge is 0.482 e. The molecule has 1 aromatic heterocycles. The molecule has 0 unspecified atom stereocenters. The van der Waals surface area contributed by atoms with Gasteiger partial charge in [0.25, 0.3) is 5.89 Å². The van der Waals surface area contributed by atoms with E-state index in [0.29, 0.717) is 28.2 Å². The predicted octanol–water partition coefficient (Wildman–Crippen LogP) is 3.72. The zero-order valence-electron chi connectivity index (χ0n) is 13.3. The average molecular weight is 359 g/mol. The van der Waals surface area contributed by atoms with E-state index in [2.05, 4.69) is 20.8 Å². The Labute approximate surface area is 149 Å². The van der Waals surface area contributed by atoms with Crippen molar-refractivity contribution in [3.8, 4) is 17.1 Å². The minimum Gasteiger partial charge on any atom is -0.482 e. The van der Waals surface area contributed by atoms with E-state index in [4.69, 9.17) is 20.9 Å². The number of hydrogen-bond donors (Lipinski definition) is 2. The minimum absolute atomic E-state index is 0.0851. The van der Waals surface area contributed by atoms with Crippen LogP contribution < -0.4 is 15.4 Å². The molecule has 8 heteroatoms. The Morgan fingerprint density at radius 1 is 1.24 bits per heavy atom. The molecule has 3 rings (SSSR count). The van der Waals surface area contributed by atoms with E-state index in [-0.39, 0.29) is 12.6 Å². The molecule has 0 saturated heterocycles. The number of amides is 2. The smallest absolute Gasteiger partial charge is 0.318 e. The zero-order chi connectivity index (χ0) is 17.6. The van der Waals surface area contributed by atoms with Crippen LogP contribution in [-0.4, -0.2) is 23.2 Å². The molecule has 0 saturated carbocycles. The van der Waals surface area contributed by atoms with Crippen molar-refractivity contribution < 1.29 is 14.1 Å². The average Bonchev–Trinajstić information content (AvgIpc) is 3.11. The number of aromatic nitrogens is 2. The van der Waals surface area contributed by atoms with Crippen LogP contribution >= 0.6 is 11.6 Å². The summed E-state index contributed by atoms with van der Waals surface area (Å²) in [5, 5.41) is 9.36. The van der Waals surface area contributed by atoms with Crippen molar-refractivity contribution in [3.63, 3.8) is 0 Å². The first-order chi connectivity index (χ1) is 12.2. The number of rotatable bonds is 5. The summed E-state index contributed by atoms with van der Waals surface area (Å²) in [4.78, 5) is 15.6. The van der Waals surface area contributed by atoms with E-state index in [1.54, 1.807) is 18.2 Å². The fourth-order valence-electron chi connectivity index (χ4n) is 2.05. The standard InChI is InChI=1S/C17H15ClN4O3/c1-19-17(23)20-12-7-8-14(13(18)9-12)24-10-15-21-16(22-25-15)11-5-3-2-4-6-11/h2-9H,10H2,1H3,(H2,19,20,23). The Bertz CT molecular complexity index is 867. The zero-order valence-corrected chi connectivity index (χ0v) is 14.1. The molecule has 0 radical (unpaired) electrons. The first kappa shape index (κ1) is 16.8. The van der Waals surface area contributed by atoms with E-state index < -0.39 is 0 Å². The van der Waals surface area contributed by atoms with Crippen molar-refractivity contribution in [2.75, 3.05) is 12.4 Å². The van der Waals surface area contributed by atoms with E-state index >= 15 is 0 Å². The molecule has 0 bridgehead atoms. The first-order valence-electron chi connectivity index (χ1n) is 7.45. The second kappa shape index (κ2) is 7.67. The van der Waals surface area contributed by atoms with Crippen LogP contribution in [0.3, 0.4) is 0 Å². The monoisotopic (exact) mass is 358 g/mol. The highest BCUT2D eigenvalue weighted by molar-refractivity contribution is 6.32. The highest BCUT2D eigenvalue weighted by atomic mass is 35.5. The van der Waals surface area contributed by atoms with Gasteiger partial charge in [0.2, 0.25) is 5.82 Å². The van der Waals surface area contributed by atoms with Gasteiger partial charge < -0.3 is 19.9 Å². The number of nitrogens with zero attached hydrogens (tertiary/aromatic N) is 2. The molecule has 2 N–H and O–H groups in total. The Kier molecular flexibility index (Phi) is 5.15. The summed E-state index contributed by atoms with van der Waals surface area (Å²) in [6.07, 6.45) is 0. The van der Waals surface area contributed by atoms with Gasteiger partial charge in [0.15, 0.2) is 6.61 Å². The van der Waals surface area contributed by atoms with Gasteiger partial charge in [-0.15, -0.1) is 0 Å². The van der Waals surface area contributed by atoms with E-state index in [0.717, 1.165) is 5.56 Å². The van der Waals surface area contributed by atoms with Gasteiger partial charge in [0.1, 0.15) is 5.75 Å². The molecule has 0 aliphatic carbocycles. The van der Waals surface area contributed by atoms with Crippen LogP contribution in [0.25, 0.3) is 11.4 Å². The van der Waals surface area contributed by atoms with Crippen molar-refractivity contribution in [2.45, 2.75) is 6.61 Å². The maximum atomic E-state index is 11.3. The highest BCUT2D eigenvalue weighted by Crippen LogP contribution is 2.28. The van der Waals surface area contributed by atoms with Crippen LogP contribution in [0.15, 0.2) is 53.1 Å². The molecule has 0 spiro atoms. The summed E-state index contributed by atoms with van der Waals surface area (Å²) in [7, 11) is 1.53. The van der Waals surface area contributed by atoms with Gasteiger partial charge in [-0.1, -0.05) is 47.1 Å². The topological polar surface area (TPSA) is 89.3 Å². The molecule has 0 aliphatic heterocycles. The first-order valence-corrected chi connectivity index (χ1v) is 7.82. The maximum Gasteiger partial charge on any atom is 0.318 e. The number of benzene rings is 2. The number of hydrogen-bond acceptors (Lipinski definition) is 5. The van der Waals surface area contributed by atoms with Gasteiger partial charge in [-0.2, -0.15) is 4.98 Å². The SMILES string of the molecule is CNC(=O)Nc1ccc(OCc2nc(-c3ccccc3)no2)c(Cl)c1.